The van der Waals surface area contributed by atoms with E-state index in [4.69, 9.17) is 23.2 Å². The Kier molecular flexibility index (Phi) is 6.50. The van der Waals surface area contributed by atoms with Crippen molar-refractivity contribution in [1.82, 2.24) is 10.2 Å². The highest BCUT2D eigenvalue weighted by molar-refractivity contribution is 6.42. The summed E-state index contributed by atoms with van der Waals surface area (Å²) in [7, 11) is 0. The third kappa shape index (κ3) is 4.44. The molecule has 2 aliphatic heterocycles. The van der Waals surface area contributed by atoms with E-state index < -0.39 is 5.92 Å². The molecule has 2 unspecified atom stereocenters. The molecule has 0 bridgehead atoms. The van der Waals surface area contributed by atoms with E-state index in [0.29, 0.717) is 41.8 Å². The fraction of sp³-hybridized carbons (Fsp3) is 0.550. The SMILES string of the molecule is CC(C)C(=O)NC1CCCN(C(=O)C2CCN(c3ccc(Cl)c(Cl)c3)C2=O)C1. The number of carbonyl (C=O) groups excluding carboxylic acids is 3. The maximum Gasteiger partial charge on any atom is 0.239 e. The van der Waals surface area contributed by atoms with Gasteiger partial charge in [0.15, 0.2) is 0 Å². The number of hydrogen-bond donors (Lipinski definition) is 1. The molecule has 3 amide bonds. The number of nitrogens with zero attached hydrogens (tertiary/aromatic N) is 2. The van der Waals surface area contributed by atoms with E-state index in [9.17, 15) is 14.4 Å². The third-order valence-electron chi connectivity index (χ3n) is 5.32. The quantitative estimate of drug-likeness (QED) is 0.753. The molecule has 2 saturated heterocycles. The van der Waals surface area contributed by atoms with Gasteiger partial charge < -0.3 is 15.1 Å². The zero-order chi connectivity index (χ0) is 20.4. The van der Waals surface area contributed by atoms with Crippen molar-refractivity contribution < 1.29 is 14.4 Å². The number of anilines is 1. The molecule has 6 nitrogen and oxygen atoms in total. The first kappa shape index (κ1) is 20.9. The van der Waals surface area contributed by atoms with Crippen molar-refractivity contribution in [2.24, 2.45) is 11.8 Å². The second-order valence-electron chi connectivity index (χ2n) is 7.72. The zero-order valence-electron chi connectivity index (χ0n) is 16.1. The third-order valence-corrected chi connectivity index (χ3v) is 6.06. The molecule has 0 aromatic heterocycles. The molecule has 2 atom stereocenters. The fourth-order valence-electron chi connectivity index (χ4n) is 3.70. The molecule has 0 spiro atoms. The molecule has 2 aliphatic rings. The minimum absolute atomic E-state index is 0.0120. The van der Waals surface area contributed by atoms with E-state index in [2.05, 4.69) is 5.32 Å². The van der Waals surface area contributed by atoms with Crippen LogP contribution >= 0.6 is 23.2 Å². The van der Waals surface area contributed by atoms with Gasteiger partial charge in [0.2, 0.25) is 17.7 Å². The monoisotopic (exact) mass is 425 g/mol. The van der Waals surface area contributed by atoms with Gasteiger partial charge in [0.1, 0.15) is 5.92 Å². The Morgan fingerprint density at radius 2 is 1.89 bits per heavy atom. The summed E-state index contributed by atoms with van der Waals surface area (Å²) in [6.45, 7) is 5.22. The summed E-state index contributed by atoms with van der Waals surface area (Å²) in [5.41, 5.74) is 0.649. The summed E-state index contributed by atoms with van der Waals surface area (Å²) in [5.74, 6) is -1.16. The molecule has 0 saturated carbocycles. The average molecular weight is 426 g/mol. The number of halogens is 2. The Hall–Kier alpha value is -1.79. The lowest BCUT2D eigenvalue weighted by Gasteiger charge is -2.34. The molecule has 2 fully saturated rings. The van der Waals surface area contributed by atoms with Crippen molar-refractivity contribution in [1.29, 1.82) is 0 Å². The van der Waals surface area contributed by atoms with Crippen LogP contribution in [0.1, 0.15) is 33.1 Å². The number of benzene rings is 1. The number of piperidine rings is 1. The van der Waals surface area contributed by atoms with Gasteiger partial charge in [-0.15, -0.1) is 0 Å². The Balaban J connectivity index is 1.65. The molecule has 1 N–H and O–H groups in total. The normalized spacial score (nSPS) is 22.7. The number of hydrogen-bond acceptors (Lipinski definition) is 3. The predicted octanol–water partition coefficient (Wildman–Crippen LogP) is 3.11. The molecule has 1 aromatic carbocycles. The predicted molar refractivity (Wildman–Crippen MR) is 110 cm³/mol. The van der Waals surface area contributed by atoms with Crippen molar-refractivity contribution in [3.05, 3.63) is 28.2 Å². The summed E-state index contributed by atoms with van der Waals surface area (Å²) in [5, 5.41) is 3.80. The van der Waals surface area contributed by atoms with Gasteiger partial charge in [-0.05, 0) is 37.5 Å². The summed E-state index contributed by atoms with van der Waals surface area (Å²) in [6, 6.07) is 4.97. The number of carbonyl (C=O) groups is 3. The van der Waals surface area contributed by atoms with Gasteiger partial charge in [-0.2, -0.15) is 0 Å². The molecule has 2 heterocycles. The minimum Gasteiger partial charge on any atom is -0.351 e. The first-order valence-corrected chi connectivity index (χ1v) is 10.4. The highest BCUT2D eigenvalue weighted by Gasteiger charge is 2.40. The van der Waals surface area contributed by atoms with Gasteiger partial charge in [-0.3, -0.25) is 14.4 Å². The number of amides is 3. The molecule has 8 heteroatoms. The highest BCUT2D eigenvalue weighted by Crippen LogP contribution is 2.32. The smallest absolute Gasteiger partial charge is 0.239 e. The van der Waals surface area contributed by atoms with Crippen molar-refractivity contribution in [3.63, 3.8) is 0 Å². The Labute approximate surface area is 175 Å². The molecule has 1 aromatic rings. The van der Waals surface area contributed by atoms with E-state index in [1.54, 1.807) is 28.0 Å². The van der Waals surface area contributed by atoms with Crippen LogP contribution in [0.4, 0.5) is 5.69 Å². The van der Waals surface area contributed by atoms with Crippen LogP contribution in [-0.2, 0) is 14.4 Å². The van der Waals surface area contributed by atoms with Crippen LogP contribution in [0.15, 0.2) is 18.2 Å². The average Bonchev–Trinajstić information content (AvgIpc) is 3.05. The van der Waals surface area contributed by atoms with E-state index in [1.165, 1.54) is 0 Å². The van der Waals surface area contributed by atoms with Gasteiger partial charge in [-0.25, -0.2) is 0 Å². The summed E-state index contributed by atoms with van der Waals surface area (Å²) in [4.78, 5) is 41.1. The van der Waals surface area contributed by atoms with Crippen LogP contribution in [0.2, 0.25) is 10.0 Å². The first-order valence-electron chi connectivity index (χ1n) is 9.63. The minimum atomic E-state index is -0.686. The van der Waals surface area contributed by atoms with Crippen LogP contribution in [0, 0.1) is 11.8 Å². The van der Waals surface area contributed by atoms with Gasteiger partial charge in [0, 0.05) is 37.3 Å². The van der Waals surface area contributed by atoms with Crippen LogP contribution < -0.4 is 10.2 Å². The van der Waals surface area contributed by atoms with Crippen molar-refractivity contribution in [3.8, 4) is 0 Å². The summed E-state index contributed by atoms with van der Waals surface area (Å²) in [6.07, 6.45) is 2.12. The molecular formula is C20H25Cl2N3O3. The second-order valence-corrected chi connectivity index (χ2v) is 8.53. The summed E-state index contributed by atoms with van der Waals surface area (Å²) >= 11 is 12.0. The first-order chi connectivity index (χ1) is 13.3. The standard InChI is InChI=1S/C20H25Cl2N3O3/c1-12(2)18(26)23-13-4-3-8-24(11-13)19(27)15-7-9-25(20(15)28)14-5-6-16(21)17(22)10-14/h5-6,10,12-13,15H,3-4,7-9,11H2,1-2H3,(H,23,26). The molecule has 28 heavy (non-hydrogen) atoms. The lowest BCUT2D eigenvalue weighted by Crippen LogP contribution is -2.52. The van der Waals surface area contributed by atoms with Crippen LogP contribution in [-0.4, -0.2) is 48.3 Å². The highest BCUT2D eigenvalue weighted by atomic mass is 35.5. The maximum absolute atomic E-state index is 13.0. The second kappa shape index (κ2) is 8.70. The van der Waals surface area contributed by atoms with E-state index in [0.717, 1.165) is 12.8 Å². The number of rotatable bonds is 4. The van der Waals surface area contributed by atoms with Gasteiger partial charge >= 0.3 is 0 Å². The van der Waals surface area contributed by atoms with Gasteiger partial charge in [0.05, 0.1) is 10.0 Å². The lowest BCUT2D eigenvalue weighted by molar-refractivity contribution is -0.141. The van der Waals surface area contributed by atoms with Crippen LogP contribution in [0.25, 0.3) is 0 Å². The lowest BCUT2D eigenvalue weighted by atomic mass is 10.0. The number of nitrogens with one attached hydrogen (secondary N) is 1. The Morgan fingerprint density at radius 3 is 2.57 bits per heavy atom. The topological polar surface area (TPSA) is 69.7 Å². The van der Waals surface area contributed by atoms with Gasteiger partial charge in [-0.1, -0.05) is 37.0 Å². The van der Waals surface area contributed by atoms with E-state index in [-0.39, 0.29) is 29.7 Å². The van der Waals surface area contributed by atoms with Crippen LogP contribution in [0.5, 0.6) is 0 Å². The van der Waals surface area contributed by atoms with E-state index in [1.807, 2.05) is 13.8 Å². The van der Waals surface area contributed by atoms with Gasteiger partial charge in [0.25, 0.3) is 0 Å². The van der Waals surface area contributed by atoms with Crippen LogP contribution in [0.3, 0.4) is 0 Å². The molecule has 152 valence electrons. The van der Waals surface area contributed by atoms with Crippen molar-refractivity contribution >= 4 is 46.6 Å². The Bertz CT molecular complexity index is 784. The van der Waals surface area contributed by atoms with Crippen molar-refractivity contribution in [2.75, 3.05) is 24.5 Å². The largest absolute Gasteiger partial charge is 0.351 e. The fourth-order valence-corrected chi connectivity index (χ4v) is 3.99. The molecular weight excluding hydrogens is 401 g/mol. The van der Waals surface area contributed by atoms with Crippen molar-refractivity contribution in [2.45, 2.75) is 39.2 Å². The molecule has 0 radical (unpaired) electrons. The number of likely N-dealkylation sites (tertiary alicyclic amines) is 1. The molecule has 0 aliphatic carbocycles. The maximum atomic E-state index is 13.0. The summed E-state index contributed by atoms with van der Waals surface area (Å²) < 4.78 is 0. The zero-order valence-corrected chi connectivity index (χ0v) is 17.6. The van der Waals surface area contributed by atoms with E-state index >= 15 is 0 Å². The molecule has 3 rings (SSSR count). The Morgan fingerprint density at radius 1 is 1.14 bits per heavy atom.